The second-order valence-corrected chi connectivity index (χ2v) is 5.58. The molecule has 6 heteroatoms. The average Bonchev–Trinajstić information content (AvgIpc) is 2.69. The molecule has 116 valence electrons. The predicted octanol–water partition coefficient (Wildman–Crippen LogP) is 1.55. The topological polar surface area (TPSA) is 43.8 Å². The first-order chi connectivity index (χ1) is 10.1. The number of aliphatic hydroxyl groups is 1. The minimum absolute atomic E-state index is 0.00843. The van der Waals surface area contributed by atoms with Gasteiger partial charge in [0.05, 0.1) is 13.0 Å². The molecular formula is C15H20ClFN2O2. The van der Waals surface area contributed by atoms with Crippen molar-refractivity contribution < 1.29 is 14.3 Å². The summed E-state index contributed by atoms with van der Waals surface area (Å²) in [6, 6.07) is 4.45. The van der Waals surface area contributed by atoms with E-state index in [0.29, 0.717) is 24.7 Å². The molecule has 0 radical (unpaired) electrons. The fraction of sp³-hybridized carbons (Fsp3) is 0.533. The highest BCUT2D eigenvalue weighted by atomic mass is 35.5. The van der Waals surface area contributed by atoms with Gasteiger partial charge < -0.3 is 10.0 Å². The van der Waals surface area contributed by atoms with Gasteiger partial charge in [-0.1, -0.05) is 17.7 Å². The summed E-state index contributed by atoms with van der Waals surface area (Å²) in [7, 11) is 0. The van der Waals surface area contributed by atoms with E-state index in [1.165, 1.54) is 12.1 Å². The maximum absolute atomic E-state index is 13.7. The van der Waals surface area contributed by atoms with Crippen LogP contribution in [0.5, 0.6) is 0 Å². The summed E-state index contributed by atoms with van der Waals surface area (Å²) < 4.78 is 13.7. The first-order valence-corrected chi connectivity index (χ1v) is 7.53. The third-order valence-electron chi connectivity index (χ3n) is 3.75. The zero-order valence-corrected chi connectivity index (χ0v) is 12.7. The van der Waals surface area contributed by atoms with Gasteiger partial charge in [-0.25, -0.2) is 4.39 Å². The van der Waals surface area contributed by atoms with Crippen LogP contribution in [0.25, 0.3) is 0 Å². The number of nitrogens with zero attached hydrogens (tertiary/aromatic N) is 2. The van der Waals surface area contributed by atoms with Crippen LogP contribution in [0.3, 0.4) is 0 Å². The Labute approximate surface area is 129 Å². The number of hydrogen-bond donors (Lipinski definition) is 1. The second kappa shape index (κ2) is 7.73. The normalized spacial score (nSPS) is 16.8. The number of halogens is 2. The quantitative estimate of drug-likeness (QED) is 0.917. The van der Waals surface area contributed by atoms with Gasteiger partial charge in [-0.2, -0.15) is 0 Å². The van der Waals surface area contributed by atoms with Gasteiger partial charge in [0.2, 0.25) is 5.91 Å². The fourth-order valence-corrected chi connectivity index (χ4v) is 2.78. The molecule has 1 aliphatic rings. The van der Waals surface area contributed by atoms with Crippen molar-refractivity contribution in [3.8, 4) is 0 Å². The van der Waals surface area contributed by atoms with E-state index in [-0.39, 0.29) is 24.5 Å². The Hall–Kier alpha value is -1.17. The Balaban J connectivity index is 1.97. The molecule has 0 aromatic heterocycles. The molecule has 1 heterocycles. The molecule has 1 fully saturated rings. The molecule has 1 aromatic rings. The lowest BCUT2D eigenvalue weighted by Gasteiger charge is -2.22. The summed E-state index contributed by atoms with van der Waals surface area (Å²) in [5.74, 6) is -0.541. The number of rotatable bonds is 4. The van der Waals surface area contributed by atoms with Gasteiger partial charge in [0, 0.05) is 36.8 Å². The van der Waals surface area contributed by atoms with Crippen molar-refractivity contribution in [3.05, 3.63) is 34.6 Å². The first-order valence-electron chi connectivity index (χ1n) is 7.15. The number of β-amino-alcohol motifs (C(OH)–C–C–N with tert-alkyl or cyclic N) is 1. The average molecular weight is 315 g/mol. The van der Waals surface area contributed by atoms with E-state index in [1.807, 2.05) is 0 Å². The summed E-state index contributed by atoms with van der Waals surface area (Å²) >= 11 is 5.96. The highest BCUT2D eigenvalue weighted by Crippen LogP contribution is 2.20. The molecule has 0 aliphatic carbocycles. The van der Waals surface area contributed by atoms with Gasteiger partial charge >= 0.3 is 0 Å². The van der Waals surface area contributed by atoms with Gasteiger partial charge in [0.1, 0.15) is 5.82 Å². The second-order valence-electron chi connectivity index (χ2n) is 5.18. The monoisotopic (exact) mass is 314 g/mol. The Morgan fingerprint density at radius 2 is 2.10 bits per heavy atom. The molecule has 1 amide bonds. The van der Waals surface area contributed by atoms with E-state index in [9.17, 15) is 9.18 Å². The van der Waals surface area contributed by atoms with Crippen LogP contribution in [0.1, 0.15) is 12.0 Å². The Kier molecular flexibility index (Phi) is 5.96. The van der Waals surface area contributed by atoms with E-state index in [1.54, 1.807) is 11.0 Å². The minimum atomic E-state index is -0.437. The van der Waals surface area contributed by atoms with Crippen molar-refractivity contribution in [1.82, 2.24) is 9.80 Å². The van der Waals surface area contributed by atoms with Crippen LogP contribution in [-0.2, 0) is 11.2 Å². The molecule has 0 spiro atoms. The van der Waals surface area contributed by atoms with Crippen molar-refractivity contribution in [3.63, 3.8) is 0 Å². The summed E-state index contributed by atoms with van der Waals surface area (Å²) in [5.41, 5.74) is 0.264. The number of benzene rings is 1. The highest BCUT2D eigenvalue weighted by Gasteiger charge is 2.21. The van der Waals surface area contributed by atoms with Crippen LogP contribution in [0.2, 0.25) is 5.02 Å². The standard InChI is InChI=1S/C15H20ClFN2O2/c16-13-3-1-4-14(17)12(13)11-15(21)19-6-2-5-18(7-8-19)9-10-20/h1,3-4,20H,2,5-11H2. The van der Waals surface area contributed by atoms with Crippen molar-refractivity contribution in [1.29, 1.82) is 0 Å². The molecule has 0 saturated carbocycles. The van der Waals surface area contributed by atoms with Crippen LogP contribution >= 0.6 is 11.6 Å². The van der Waals surface area contributed by atoms with E-state index in [0.717, 1.165) is 19.5 Å². The molecular weight excluding hydrogens is 295 g/mol. The Bertz CT molecular complexity index is 478. The molecule has 1 aliphatic heterocycles. The number of hydrogen-bond acceptors (Lipinski definition) is 3. The molecule has 4 nitrogen and oxygen atoms in total. The van der Waals surface area contributed by atoms with Gasteiger partial charge in [0.25, 0.3) is 0 Å². The van der Waals surface area contributed by atoms with Crippen LogP contribution in [0.4, 0.5) is 4.39 Å². The lowest BCUT2D eigenvalue weighted by Crippen LogP contribution is -2.36. The molecule has 21 heavy (non-hydrogen) atoms. The number of carbonyl (C=O) groups is 1. The summed E-state index contributed by atoms with van der Waals surface area (Å²) in [5, 5.41) is 9.25. The maximum atomic E-state index is 13.7. The lowest BCUT2D eigenvalue weighted by atomic mass is 10.1. The highest BCUT2D eigenvalue weighted by molar-refractivity contribution is 6.31. The molecule has 1 saturated heterocycles. The van der Waals surface area contributed by atoms with Crippen LogP contribution < -0.4 is 0 Å². The molecule has 0 unspecified atom stereocenters. The van der Waals surface area contributed by atoms with Crippen molar-refractivity contribution in [2.45, 2.75) is 12.8 Å². The van der Waals surface area contributed by atoms with Gasteiger partial charge in [-0.15, -0.1) is 0 Å². The number of aliphatic hydroxyl groups excluding tert-OH is 1. The third kappa shape index (κ3) is 4.40. The number of carbonyl (C=O) groups excluding carboxylic acids is 1. The van der Waals surface area contributed by atoms with Crippen LogP contribution in [0.15, 0.2) is 18.2 Å². The largest absolute Gasteiger partial charge is 0.395 e. The molecule has 0 atom stereocenters. The van der Waals surface area contributed by atoms with Gasteiger partial charge in [-0.05, 0) is 25.1 Å². The lowest BCUT2D eigenvalue weighted by molar-refractivity contribution is -0.130. The smallest absolute Gasteiger partial charge is 0.227 e. The summed E-state index contributed by atoms with van der Waals surface area (Å²) in [4.78, 5) is 16.2. The van der Waals surface area contributed by atoms with E-state index in [4.69, 9.17) is 16.7 Å². The SMILES string of the molecule is O=C(Cc1c(F)cccc1Cl)N1CCCN(CCO)CC1. The van der Waals surface area contributed by atoms with E-state index >= 15 is 0 Å². The van der Waals surface area contributed by atoms with Crippen molar-refractivity contribution in [2.75, 3.05) is 39.3 Å². The zero-order chi connectivity index (χ0) is 15.2. The van der Waals surface area contributed by atoms with Crippen LogP contribution in [-0.4, -0.2) is 60.1 Å². The Morgan fingerprint density at radius 1 is 1.29 bits per heavy atom. The van der Waals surface area contributed by atoms with Gasteiger partial charge in [-0.3, -0.25) is 9.69 Å². The minimum Gasteiger partial charge on any atom is -0.395 e. The Morgan fingerprint density at radius 3 is 2.81 bits per heavy atom. The van der Waals surface area contributed by atoms with E-state index < -0.39 is 5.82 Å². The zero-order valence-electron chi connectivity index (χ0n) is 11.9. The number of amides is 1. The first kappa shape index (κ1) is 16.2. The summed E-state index contributed by atoms with van der Waals surface area (Å²) in [6.45, 7) is 3.61. The predicted molar refractivity (Wildman–Crippen MR) is 79.8 cm³/mol. The molecule has 0 bridgehead atoms. The maximum Gasteiger partial charge on any atom is 0.227 e. The van der Waals surface area contributed by atoms with E-state index in [2.05, 4.69) is 4.90 Å². The van der Waals surface area contributed by atoms with Crippen molar-refractivity contribution in [2.24, 2.45) is 0 Å². The molecule has 1 N–H and O–H groups in total. The third-order valence-corrected chi connectivity index (χ3v) is 4.10. The fourth-order valence-electron chi connectivity index (χ4n) is 2.55. The summed E-state index contributed by atoms with van der Waals surface area (Å²) in [6.07, 6.45) is 0.849. The van der Waals surface area contributed by atoms with Crippen LogP contribution in [0, 0.1) is 5.82 Å². The molecule has 2 rings (SSSR count). The van der Waals surface area contributed by atoms with Gasteiger partial charge in [0.15, 0.2) is 0 Å². The van der Waals surface area contributed by atoms with Crippen molar-refractivity contribution >= 4 is 17.5 Å². The molecule has 1 aromatic carbocycles.